The first kappa shape index (κ1) is 23.5. The van der Waals surface area contributed by atoms with Crippen LogP contribution in [0.25, 0.3) is 0 Å². The highest BCUT2D eigenvalue weighted by atomic mass is 35.5. The highest BCUT2D eigenvalue weighted by Gasteiger charge is 2.40. The number of benzene rings is 2. The first-order chi connectivity index (χ1) is 15.8. The summed E-state index contributed by atoms with van der Waals surface area (Å²) in [4.78, 5) is 20.6. The van der Waals surface area contributed by atoms with Gasteiger partial charge in [0.2, 0.25) is 0 Å². The van der Waals surface area contributed by atoms with Gasteiger partial charge in [0.05, 0.1) is 0 Å². The number of halogens is 1. The molecule has 2 aliphatic heterocycles. The molecule has 2 aromatic carbocycles. The number of carbonyl (C=O) groups excluding carboxylic acids is 1. The standard InChI is InChI=1S/C25H29ClN4O2S/c1-17(2)19-5-9-21(10-6-19)28-24(33)30-13-11-25(12-14-30)15-22(29-32-25)23(31)27-16-18-3-7-20(26)8-4-18/h3-10,15,17,29H,11-14,16H2,1-2H3,(H,27,31)(H,28,33). The molecular weight excluding hydrogens is 456 g/mol. The molecule has 0 aromatic heterocycles. The second-order valence-corrected chi connectivity index (χ2v) is 9.65. The van der Waals surface area contributed by atoms with Crippen LogP contribution in [0.15, 0.2) is 60.3 Å². The summed E-state index contributed by atoms with van der Waals surface area (Å²) < 4.78 is 0. The van der Waals surface area contributed by atoms with Crippen LogP contribution in [0.3, 0.4) is 0 Å². The van der Waals surface area contributed by atoms with E-state index in [0.717, 1.165) is 37.2 Å². The van der Waals surface area contributed by atoms with Gasteiger partial charge in [0.25, 0.3) is 5.91 Å². The smallest absolute Gasteiger partial charge is 0.269 e. The van der Waals surface area contributed by atoms with Crippen molar-refractivity contribution >= 4 is 40.5 Å². The SMILES string of the molecule is CC(C)c1ccc(NC(=S)N2CCC3(C=C(C(=O)NCc4ccc(Cl)cc4)NO3)CC2)cc1. The lowest BCUT2D eigenvalue weighted by Gasteiger charge is -2.37. The number of hydrogen-bond acceptors (Lipinski definition) is 4. The number of nitrogens with one attached hydrogen (secondary N) is 3. The summed E-state index contributed by atoms with van der Waals surface area (Å²) in [6, 6.07) is 15.8. The van der Waals surface area contributed by atoms with Crippen LogP contribution in [0.5, 0.6) is 0 Å². The Bertz CT molecular complexity index is 1030. The number of piperidine rings is 1. The molecule has 33 heavy (non-hydrogen) atoms. The van der Waals surface area contributed by atoms with Gasteiger partial charge in [-0.25, -0.2) is 0 Å². The predicted molar refractivity (Wildman–Crippen MR) is 136 cm³/mol. The van der Waals surface area contributed by atoms with E-state index in [0.29, 0.717) is 28.3 Å². The van der Waals surface area contributed by atoms with Crippen LogP contribution in [0.1, 0.15) is 43.7 Å². The van der Waals surface area contributed by atoms with E-state index in [9.17, 15) is 4.79 Å². The van der Waals surface area contributed by atoms with Crippen molar-refractivity contribution in [3.05, 3.63) is 76.5 Å². The van der Waals surface area contributed by atoms with E-state index in [-0.39, 0.29) is 5.91 Å². The molecule has 0 saturated carbocycles. The summed E-state index contributed by atoms with van der Waals surface area (Å²) in [5.41, 5.74) is 6.05. The topological polar surface area (TPSA) is 65.6 Å². The molecule has 1 spiro atoms. The Morgan fingerprint density at radius 1 is 1.15 bits per heavy atom. The molecule has 2 heterocycles. The molecule has 1 saturated heterocycles. The van der Waals surface area contributed by atoms with Crippen LogP contribution in [-0.4, -0.2) is 34.6 Å². The lowest BCUT2D eigenvalue weighted by molar-refractivity contribution is -0.120. The van der Waals surface area contributed by atoms with Crippen LogP contribution in [0.4, 0.5) is 5.69 Å². The summed E-state index contributed by atoms with van der Waals surface area (Å²) in [5, 5.41) is 7.62. The number of anilines is 1. The second-order valence-electron chi connectivity index (χ2n) is 8.83. The van der Waals surface area contributed by atoms with Crippen molar-refractivity contribution in [1.29, 1.82) is 0 Å². The van der Waals surface area contributed by atoms with Crippen molar-refractivity contribution in [3.8, 4) is 0 Å². The van der Waals surface area contributed by atoms with Gasteiger partial charge in [-0.3, -0.25) is 15.1 Å². The number of carbonyl (C=O) groups is 1. The molecule has 0 bridgehead atoms. The van der Waals surface area contributed by atoms with Gasteiger partial charge < -0.3 is 15.5 Å². The zero-order chi connectivity index (χ0) is 23.4. The zero-order valence-corrected chi connectivity index (χ0v) is 20.4. The van der Waals surface area contributed by atoms with Crippen molar-refractivity contribution < 1.29 is 9.63 Å². The van der Waals surface area contributed by atoms with E-state index >= 15 is 0 Å². The highest BCUT2D eigenvalue weighted by molar-refractivity contribution is 7.80. The van der Waals surface area contributed by atoms with Crippen molar-refractivity contribution in [2.45, 2.75) is 44.8 Å². The van der Waals surface area contributed by atoms with Crippen LogP contribution in [0.2, 0.25) is 5.02 Å². The van der Waals surface area contributed by atoms with Crippen molar-refractivity contribution in [3.63, 3.8) is 0 Å². The van der Waals surface area contributed by atoms with Gasteiger partial charge in [0.1, 0.15) is 11.3 Å². The van der Waals surface area contributed by atoms with Crippen LogP contribution < -0.4 is 16.1 Å². The first-order valence-electron chi connectivity index (χ1n) is 11.2. The zero-order valence-electron chi connectivity index (χ0n) is 18.9. The number of hydrogen-bond donors (Lipinski definition) is 3. The molecule has 6 nitrogen and oxygen atoms in total. The Morgan fingerprint density at radius 2 is 1.82 bits per heavy atom. The summed E-state index contributed by atoms with van der Waals surface area (Å²) in [6.45, 7) is 6.27. The Hall–Kier alpha value is -2.61. The maximum Gasteiger partial charge on any atom is 0.269 e. The fraction of sp³-hybridized carbons (Fsp3) is 0.360. The van der Waals surface area contributed by atoms with Gasteiger partial charge in [-0.15, -0.1) is 0 Å². The summed E-state index contributed by atoms with van der Waals surface area (Å²) in [6.07, 6.45) is 3.38. The average molecular weight is 485 g/mol. The van der Waals surface area contributed by atoms with E-state index in [1.165, 1.54) is 5.56 Å². The quantitative estimate of drug-likeness (QED) is 0.533. The summed E-state index contributed by atoms with van der Waals surface area (Å²) >= 11 is 11.5. The molecule has 8 heteroatoms. The third-order valence-electron chi connectivity index (χ3n) is 6.11. The maximum atomic E-state index is 12.6. The van der Waals surface area contributed by atoms with Gasteiger partial charge in [-0.1, -0.05) is 49.7 Å². The van der Waals surface area contributed by atoms with E-state index in [1.54, 1.807) is 0 Å². The third-order valence-corrected chi connectivity index (χ3v) is 6.72. The van der Waals surface area contributed by atoms with Gasteiger partial charge in [-0.05, 0) is 59.6 Å². The molecule has 2 aliphatic rings. The molecular formula is C25H29ClN4O2S. The van der Waals surface area contributed by atoms with Crippen LogP contribution >= 0.6 is 23.8 Å². The number of amides is 1. The molecule has 2 aromatic rings. The number of rotatable bonds is 5. The van der Waals surface area contributed by atoms with Crippen molar-refractivity contribution in [2.24, 2.45) is 0 Å². The molecule has 4 rings (SSSR count). The minimum atomic E-state index is -0.488. The summed E-state index contributed by atoms with van der Waals surface area (Å²) in [7, 11) is 0. The first-order valence-corrected chi connectivity index (χ1v) is 12.0. The minimum absolute atomic E-state index is 0.189. The Labute approximate surface area is 205 Å². The van der Waals surface area contributed by atoms with Crippen LogP contribution in [-0.2, 0) is 16.2 Å². The van der Waals surface area contributed by atoms with Gasteiger partial charge >= 0.3 is 0 Å². The lowest BCUT2D eigenvalue weighted by atomic mass is 9.91. The molecule has 1 fully saturated rings. The molecule has 174 valence electrons. The largest absolute Gasteiger partial charge is 0.349 e. The van der Waals surface area contributed by atoms with E-state index < -0.39 is 5.60 Å². The van der Waals surface area contributed by atoms with E-state index in [4.69, 9.17) is 28.7 Å². The molecule has 0 atom stereocenters. The fourth-order valence-corrected chi connectivity index (χ4v) is 4.39. The number of hydroxylamine groups is 1. The van der Waals surface area contributed by atoms with E-state index in [2.05, 4.69) is 59.1 Å². The van der Waals surface area contributed by atoms with Gasteiger partial charge in [0, 0.05) is 43.2 Å². The minimum Gasteiger partial charge on any atom is -0.349 e. The van der Waals surface area contributed by atoms with E-state index in [1.807, 2.05) is 30.3 Å². The second kappa shape index (κ2) is 10.1. The Balaban J connectivity index is 1.28. The predicted octanol–water partition coefficient (Wildman–Crippen LogP) is 4.73. The number of thiocarbonyl (C=S) groups is 1. The fourth-order valence-electron chi connectivity index (χ4n) is 3.96. The van der Waals surface area contributed by atoms with Crippen molar-refractivity contribution in [2.75, 3.05) is 18.4 Å². The number of likely N-dealkylation sites (tertiary alicyclic amines) is 1. The average Bonchev–Trinajstić information content (AvgIpc) is 3.23. The maximum absolute atomic E-state index is 12.6. The van der Waals surface area contributed by atoms with Crippen molar-refractivity contribution in [1.82, 2.24) is 15.7 Å². The Morgan fingerprint density at radius 3 is 2.45 bits per heavy atom. The monoisotopic (exact) mass is 484 g/mol. The highest BCUT2D eigenvalue weighted by Crippen LogP contribution is 2.32. The third kappa shape index (κ3) is 5.85. The molecule has 3 N–H and O–H groups in total. The Kier molecular flexibility index (Phi) is 7.22. The summed E-state index contributed by atoms with van der Waals surface area (Å²) in [5.74, 6) is 0.313. The molecule has 0 radical (unpaired) electrons. The number of nitrogens with zero attached hydrogens (tertiary/aromatic N) is 1. The van der Waals surface area contributed by atoms with Gasteiger partial charge in [-0.2, -0.15) is 0 Å². The normalized spacial score (nSPS) is 17.0. The van der Waals surface area contributed by atoms with Gasteiger partial charge in [0.15, 0.2) is 5.11 Å². The molecule has 0 unspecified atom stereocenters. The molecule has 1 amide bonds. The lowest BCUT2D eigenvalue weighted by Crippen LogP contribution is -2.48. The molecule has 0 aliphatic carbocycles. The van der Waals surface area contributed by atoms with Crippen LogP contribution in [0, 0.1) is 0 Å².